The predicted molar refractivity (Wildman–Crippen MR) is 95.5 cm³/mol. The van der Waals surface area contributed by atoms with Gasteiger partial charge in [-0.15, -0.1) is 0 Å². The van der Waals surface area contributed by atoms with Gasteiger partial charge in [-0.3, -0.25) is 9.59 Å². The molecule has 1 aromatic heterocycles. The van der Waals surface area contributed by atoms with Gasteiger partial charge in [-0.1, -0.05) is 18.2 Å². The molecule has 138 valence electrons. The average Bonchev–Trinajstić information content (AvgIpc) is 2.95. The molecule has 1 aliphatic heterocycles. The first-order chi connectivity index (χ1) is 12.4. The molecule has 0 spiro atoms. The molecule has 0 atom stereocenters. The molecule has 26 heavy (non-hydrogen) atoms. The average molecular weight is 357 g/mol. The van der Waals surface area contributed by atoms with Crippen LogP contribution in [0.5, 0.6) is 0 Å². The highest BCUT2D eigenvalue weighted by atomic mass is 16.5. The molecule has 0 aliphatic carbocycles. The summed E-state index contributed by atoms with van der Waals surface area (Å²) in [5, 5.41) is 16.9. The van der Waals surface area contributed by atoms with E-state index in [-0.39, 0.29) is 12.5 Å². The maximum absolute atomic E-state index is 12.7. The number of para-hydroxylation sites is 1. The molecule has 1 amide bonds. The summed E-state index contributed by atoms with van der Waals surface area (Å²) in [6.45, 7) is 4.49. The molecule has 2 N–H and O–H groups in total. The normalized spacial score (nSPS) is 16.2. The Labute approximate surface area is 152 Å². The van der Waals surface area contributed by atoms with Crippen molar-refractivity contribution in [3.63, 3.8) is 0 Å². The zero-order valence-corrected chi connectivity index (χ0v) is 15.0. The third-order valence-electron chi connectivity index (χ3n) is 5.01. The van der Waals surface area contributed by atoms with Gasteiger partial charge in [0.25, 0.3) is 5.91 Å². The van der Waals surface area contributed by atoms with Gasteiger partial charge >= 0.3 is 5.97 Å². The van der Waals surface area contributed by atoms with Crippen molar-refractivity contribution in [3.8, 4) is 5.69 Å². The summed E-state index contributed by atoms with van der Waals surface area (Å²) in [6, 6.07) is 9.58. The number of ether oxygens (including phenoxy) is 1. The molecule has 0 radical (unpaired) electrons. The highest BCUT2D eigenvalue weighted by molar-refractivity contribution is 5.96. The molecule has 0 saturated carbocycles. The number of aromatic nitrogens is 2. The van der Waals surface area contributed by atoms with E-state index in [1.807, 2.05) is 37.3 Å². The summed E-state index contributed by atoms with van der Waals surface area (Å²) < 4.78 is 7.00. The van der Waals surface area contributed by atoms with Crippen molar-refractivity contribution in [2.75, 3.05) is 19.8 Å². The summed E-state index contributed by atoms with van der Waals surface area (Å²) >= 11 is 0. The van der Waals surface area contributed by atoms with Crippen LogP contribution in [0.2, 0.25) is 0 Å². The van der Waals surface area contributed by atoms with Crippen molar-refractivity contribution in [1.82, 2.24) is 15.1 Å². The number of nitrogens with one attached hydrogen (secondary N) is 1. The predicted octanol–water partition coefficient (Wildman–Crippen LogP) is 2.10. The Balaban J connectivity index is 1.80. The van der Waals surface area contributed by atoms with Gasteiger partial charge in [0.15, 0.2) is 0 Å². The summed E-state index contributed by atoms with van der Waals surface area (Å²) in [5.41, 5.74) is 1.73. The number of amides is 1. The zero-order valence-electron chi connectivity index (χ0n) is 15.0. The van der Waals surface area contributed by atoms with Gasteiger partial charge in [-0.25, -0.2) is 4.68 Å². The summed E-state index contributed by atoms with van der Waals surface area (Å²) in [6.07, 6.45) is 0.785. The molecular weight excluding hydrogens is 334 g/mol. The molecular formula is C19H23N3O4. The monoisotopic (exact) mass is 357 g/mol. The highest BCUT2D eigenvalue weighted by Crippen LogP contribution is 2.30. The summed E-state index contributed by atoms with van der Waals surface area (Å²) in [4.78, 5) is 24.5. The number of carboxylic acid groups (broad SMARTS) is 1. The maximum atomic E-state index is 12.7. The molecule has 2 aromatic rings. The van der Waals surface area contributed by atoms with Crippen LogP contribution in [0.1, 0.15) is 34.6 Å². The topological polar surface area (TPSA) is 93.5 Å². The number of aliphatic carboxylic acids is 1. The first kappa shape index (κ1) is 18.1. The maximum Gasteiger partial charge on any atom is 0.311 e. The van der Waals surface area contributed by atoms with Crippen LogP contribution in [0.15, 0.2) is 30.3 Å². The fraction of sp³-hybridized carbons (Fsp3) is 0.421. The smallest absolute Gasteiger partial charge is 0.311 e. The number of carboxylic acids is 1. The number of aryl methyl sites for hydroxylation is 1. The van der Waals surface area contributed by atoms with E-state index in [1.165, 1.54) is 0 Å². The van der Waals surface area contributed by atoms with Gasteiger partial charge < -0.3 is 15.2 Å². The second-order valence-corrected chi connectivity index (χ2v) is 6.67. The van der Waals surface area contributed by atoms with E-state index in [9.17, 15) is 14.7 Å². The van der Waals surface area contributed by atoms with Crippen LogP contribution < -0.4 is 5.32 Å². The van der Waals surface area contributed by atoms with Gasteiger partial charge in [0.1, 0.15) is 0 Å². The molecule has 1 aliphatic rings. The molecule has 3 rings (SSSR count). The van der Waals surface area contributed by atoms with Crippen LogP contribution in [-0.4, -0.2) is 46.5 Å². The minimum Gasteiger partial charge on any atom is -0.481 e. The molecule has 7 heteroatoms. The molecule has 1 saturated heterocycles. The number of carbonyl (C=O) groups excluding carboxylic acids is 1. The highest BCUT2D eigenvalue weighted by Gasteiger charge is 2.40. The largest absolute Gasteiger partial charge is 0.481 e. The van der Waals surface area contributed by atoms with Crippen LogP contribution in [0.25, 0.3) is 5.69 Å². The minimum absolute atomic E-state index is 0.0833. The standard InChI is InChI=1S/C19H23N3O4/c1-13-16(14(2)22(21-13)15-6-4-3-5-7-15)17(23)20-12-19(18(24)25)8-10-26-11-9-19/h3-7H,8-12H2,1-2H3,(H,20,23)(H,24,25). The Morgan fingerprint density at radius 2 is 1.88 bits per heavy atom. The second kappa shape index (κ2) is 7.29. The van der Waals surface area contributed by atoms with Crippen molar-refractivity contribution in [1.29, 1.82) is 0 Å². The number of hydrogen-bond acceptors (Lipinski definition) is 4. The summed E-state index contributed by atoms with van der Waals surface area (Å²) in [5.74, 6) is -1.19. The van der Waals surface area contributed by atoms with Gasteiger partial charge in [0, 0.05) is 19.8 Å². The number of nitrogens with zero attached hydrogens (tertiary/aromatic N) is 2. The van der Waals surface area contributed by atoms with Gasteiger partial charge in [0.2, 0.25) is 0 Å². The van der Waals surface area contributed by atoms with E-state index in [2.05, 4.69) is 10.4 Å². The fourth-order valence-corrected chi connectivity index (χ4v) is 3.36. The molecule has 1 fully saturated rings. The number of hydrogen-bond donors (Lipinski definition) is 2. The molecule has 1 aromatic carbocycles. The second-order valence-electron chi connectivity index (χ2n) is 6.67. The first-order valence-corrected chi connectivity index (χ1v) is 8.65. The Hall–Kier alpha value is -2.67. The third-order valence-corrected chi connectivity index (χ3v) is 5.01. The van der Waals surface area contributed by atoms with Gasteiger partial charge in [-0.05, 0) is 38.8 Å². The fourth-order valence-electron chi connectivity index (χ4n) is 3.36. The lowest BCUT2D eigenvalue weighted by Gasteiger charge is -2.33. The van der Waals surface area contributed by atoms with Crippen molar-refractivity contribution < 1.29 is 19.4 Å². The lowest BCUT2D eigenvalue weighted by molar-refractivity contribution is -0.154. The van der Waals surface area contributed by atoms with E-state index in [0.717, 1.165) is 11.4 Å². The molecule has 2 heterocycles. The number of carbonyl (C=O) groups is 2. The van der Waals surface area contributed by atoms with Crippen LogP contribution in [-0.2, 0) is 9.53 Å². The van der Waals surface area contributed by atoms with Gasteiger partial charge in [-0.2, -0.15) is 5.10 Å². The minimum atomic E-state index is -0.967. The quantitative estimate of drug-likeness (QED) is 0.855. The van der Waals surface area contributed by atoms with Crippen LogP contribution in [0.3, 0.4) is 0 Å². The Morgan fingerprint density at radius 1 is 1.23 bits per heavy atom. The Bertz CT molecular complexity index is 808. The van der Waals surface area contributed by atoms with E-state index in [0.29, 0.717) is 37.3 Å². The number of benzene rings is 1. The summed E-state index contributed by atoms with van der Waals surface area (Å²) in [7, 11) is 0. The van der Waals surface area contributed by atoms with Crippen LogP contribution in [0.4, 0.5) is 0 Å². The molecule has 0 bridgehead atoms. The molecule has 7 nitrogen and oxygen atoms in total. The Morgan fingerprint density at radius 3 is 2.50 bits per heavy atom. The lowest BCUT2D eigenvalue weighted by atomic mass is 9.80. The first-order valence-electron chi connectivity index (χ1n) is 8.65. The van der Waals surface area contributed by atoms with E-state index in [1.54, 1.807) is 11.6 Å². The van der Waals surface area contributed by atoms with E-state index < -0.39 is 11.4 Å². The SMILES string of the molecule is Cc1nn(-c2ccccc2)c(C)c1C(=O)NCC1(C(=O)O)CCOCC1. The number of rotatable bonds is 5. The van der Waals surface area contributed by atoms with Crippen molar-refractivity contribution in [3.05, 3.63) is 47.3 Å². The zero-order chi connectivity index (χ0) is 18.7. The third kappa shape index (κ3) is 3.35. The Kier molecular flexibility index (Phi) is 5.08. The van der Waals surface area contributed by atoms with Crippen LogP contribution in [0, 0.1) is 19.3 Å². The van der Waals surface area contributed by atoms with Crippen molar-refractivity contribution in [2.24, 2.45) is 5.41 Å². The van der Waals surface area contributed by atoms with E-state index in [4.69, 9.17) is 4.74 Å². The van der Waals surface area contributed by atoms with Crippen LogP contribution >= 0.6 is 0 Å². The van der Waals surface area contributed by atoms with Gasteiger partial charge in [0.05, 0.1) is 28.1 Å². The van der Waals surface area contributed by atoms with Crippen molar-refractivity contribution in [2.45, 2.75) is 26.7 Å². The molecule has 0 unspecified atom stereocenters. The lowest BCUT2D eigenvalue weighted by Crippen LogP contribution is -2.46. The van der Waals surface area contributed by atoms with Crippen molar-refractivity contribution >= 4 is 11.9 Å². The van der Waals surface area contributed by atoms with E-state index >= 15 is 0 Å².